The lowest BCUT2D eigenvalue weighted by atomic mass is 10.0. The van der Waals surface area contributed by atoms with Gasteiger partial charge in [0.15, 0.2) is 0 Å². The molecule has 0 aromatic heterocycles. The highest BCUT2D eigenvalue weighted by Crippen LogP contribution is 2.17. The maximum absolute atomic E-state index is 11.7. The molecule has 6 nitrogen and oxygen atoms in total. The zero-order chi connectivity index (χ0) is 13.0. The molecule has 2 atom stereocenters. The number of amides is 1. The van der Waals surface area contributed by atoms with Crippen LogP contribution < -0.4 is 10.6 Å². The molecule has 1 heterocycles. The van der Waals surface area contributed by atoms with Crippen molar-refractivity contribution in [2.45, 2.75) is 37.8 Å². The van der Waals surface area contributed by atoms with Crippen molar-refractivity contribution in [3.05, 3.63) is 0 Å². The van der Waals surface area contributed by atoms with Gasteiger partial charge in [0, 0.05) is 6.04 Å². The van der Waals surface area contributed by atoms with Crippen molar-refractivity contribution in [1.29, 1.82) is 0 Å². The van der Waals surface area contributed by atoms with Gasteiger partial charge in [-0.05, 0) is 12.8 Å². The Hall–Kier alpha value is -1.14. The fourth-order valence-electron chi connectivity index (χ4n) is 2.56. The molecular formula is C12H20N2O4. The molecule has 0 radical (unpaired) electrons. The van der Waals surface area contributed by atoms with E-state index in [0.29, 0.717) is 6.04 Å². The van der Waals surface area contributed by atoms with Crippen LogP contribution in [0.3, 0.4) is 0 Å². The van der Waals surface area contributed by atoms with Gasteiger partial charge in [0.1, 0.15) is 5.92 Å². The van der Waals surface area contributed by atoms with Gasteiger partial charge in [-0.2, -0.15) is 0 Å². The predicted octanol–water partition coefficient (Wildman–Crippen LogP) is -0.266. The molecule has 2 unspecified atom stereocenters. The summed E-state index contributed by atoms with van der Waals surface area (Å²) in [5.41, 5.74) is 0. The minimum atomic E-state index is -0.915. The summed E-state index contributed by atoms with van der Waals surface area (Å²) in [6.07, 6.45) is 4.68. The molecule has 1 aliphatic heterocycles. The van der Waals surface area contributed by atoms with Gasteiger partial charge in [0.05, 0.1) is 25.8 Å². The number of ether oxygens (including phenoxy) is 1. The Labute approximate surface area is 106 Å². The van der Waals surface area contributed by atoms with E-state index in [1.807, 2.05) is 0 Å². The molecule has 2 aliphatic rings. The van der Waals surface area contributed by atoms with Crippen LogP contribution in [0.4, 0.5) is 0 Å². The number of aliphatic carboxylic acids is 1. The van der Waals surface area contributed by atoms with Crippen LogP contribution in [0.2, 0.25) is 0 Å². The lowest BCUT2D eigenvalue weighted by molar-refractivity contribution is -0.142. The summed E-state index contributed by atoms with van der Waals surface area (Å²) in [6.45, 7) is 0.718. The molecule has 1 amide bonds. The average Bonchev–Trinajstić information content (AvgIpc) is 2.96. The van der Waals surface area contributed by atoms with Crippen LogP contribution in [-0.2, 0) is 14.3 Å². The third-order valence-corrected chi connectivity index (χ3v) is 3.65. The van der Waals surface area contributed by atoms with Crippen molar-refractivity contribution in [1.82, 2.24) is 10.6 Å². The molecule has 1 saturated carbocycles. The van der Waals surface area contributed by atoms with Crippen molar-refractivity contribution in [3.63, 3.8) is 0 Å². The second-order valence-electron chi connectivity index (χ2n) is 5.02. The summed E-state index contributed by atoms with van der Waals surface area (Å²) < 4.78 is 5.09. The van der Waals surface area contributed by atoms with Crippen molar-refractivity contribution in [2.24, 2.45) is 5.92 Å². The Morgan fingerprint density at radius 2 is 1.94 bits per heavy atom. The number of hydrogen-bond acceptors (Lipinski definition) is 4. The monoisotopic (exact) mass is 256 g/mol. The number of rotatable bonds is 5. The molecule has 0 aromatic rings. The van der Waals surface area contributed by atoms with E-state index in [1.54, 1.807) is 0 Å². The summed E-state index contributed by atoms with van der Waals surface area (Å²) in [5.74, 6) is -1.69. The molecular weight excluding hydrogens is 236 g/mol. The van der Waals surface area contributed by atoms with Crippen molar-refractivity contribution < 1.29 is 19.4 Å². The standard InChI is InChI=1S/C12H20N2O4/c15-11(5-13-8-3-1-2-4-8)14-10-7-18-6-9(10)12(16)17/h8-10,13H,1-7H2,(H,14,15)(H,16,17). The molecule has 2 rings (SSSR count). The van der Waals surface area contributed by atoms with Gasteiger partial charge in [-0.3, -0.25) is 9.59 Å². The highest BCUT2D eigenvalue weighted by atomic mass is 16.5. The fourth-order valence-corrected chi connectivity index (χ4v) is 2.56. The number of carboxylic acid groups (broad SMARTS) is 1. The van der Waals surface area contributed by atoms with Gasteiger partial charge >= 0.3 is 5.97 Å². The Kier molecular flexibility index (Phi) is 4.54. The van der Waals surface area contributed by atoms with Crippen molar-refractivity contribution in [2.75, 3.05) is 19.8 Å². The van der Waals surface area contributed by atoms with Gasteiger partial charge in [0.25, 0.3) is 0 Å². The Balaban J connectivity index is 1.71. The highest BCUT2D eigenvalue weighted by Gasteiger charge is 2.34. The Morgan fingerprint density at radius 1 is 1.22 bits per heavy atom. The van der Waals surface area contributed by atoms with E-state index < -0.39 is 17.9 Å². The van der Waals surface area contributed by atoms with Crippen molar-refractivity contribution >= 4 is 11.9 Å². The summed E-state index contributed by atoms with van der Waals surface area (Å²) >= 11 is 0. The number of carboxylic acids is 1. The second kappa shape index (κ2) is 6.15. The summed E-state index contributed by atoms with van der Waals surface area (Å²) in [7, 11) is 0. The van der Waals surface area contributed by atoms with E-state index in [-0.39, 0.29) is 25.7 Å². The largest absolute Gasteiger partial charge is 0.481 e. The molecule has 0 spiro atoms. The van der Waals surface area contributed by atoms with Gasteiger partial charge < -0.3 is 20.5 Å². The number of hydrogen-bond donors (Lipinski definition) is 3. The van der Waals surface area contributed by atoms with Gasteiger partial charge in [0.2, 0.25) is 5.91 Å². The molecule has 18 heavy (non-hydrogen) atoms. The smallest absolute Gasteiger partial charge is 0.311 e. The number of carbonyl (C=O) groups excluding carboxylic acids is 1. The SMILES string of the molecule is O=C(CNC1CCCC1)NC1COCC1C(=O)O. The second-order valence-corrected chi connectivity index (χ2v) is 5.02. The zero-order valence-corrected chi connectivity index (χ0v) is 10.4. The molecule has 1 aliphatic carbocycles. The highest BCUT2D eigenvalue weighted by molar-refractivity contribution is 5.80. The maximum atomic E-state index is 11.7. The van der Waals surface area contributed by atoms with Crippen LogP contribution in [0.25, 0.3) is 0 Å². The van der Waals surface area contributed by atoms with Crippen LogP contribution in [0.1, 0.15) is 25.7 Å². The van der Waals surface area contributed by atoms with Crippen LogP contribution in [0.5, 0.6) is 0 Å². The topological polar surface area (TPSA) is 87.7 Å². The lowest BCUT2D eigenvalue weighted by Crippen LogP contribution is -2.47. The van der Waals surface area contributed by atoms with E-state index in [2.05, 4.69) is 10.6 Å². The van der Waals surface area contributed by atoms with Crippen LogP contribution >= 0.6 is 0 Å². The van der Waals surface area contributed by atoms with E-state index >= 15 is 0 Å². The molecule has 2 fully saturated rings. The minimum Gasteiger partial charge on any atom is -0.481 e. The molecule has 0 bridgehead atoms. The van der Waals surface area contributed by atoms with Crippen LogP contribution in [-0.4, -0.2) is 48.8 Å². The summed E-state index contributed by atoms with van der Waals surface area (Å²) in [4.78, 5) is 22.6. The maximum Gasteiger partial charge on any atom is 0.311 e. The molecule has 1 saturated heterocycles. The first-order chi connectivity index (χ1) is 8.66. The zero-order valence-electron chi connectivity index (χ0n) is 10.4. The first kappa shape index (κ1) is 13.3. The third-order valence-electron chi connectivity index (χ3n) is 3.65. The van der Waals surface area contributed by atoms with Gasteiger partial charge in [-0.25, -0.2) is 0 Å². The Bertz CT molecular complexity index is 315. The first-order valence-electron chi connectivity index (χ1n) is 6.50. The quantitative estimate of drug-likeness (QED) is 0.630. The van der Waals surface area contributed by atoms with E-state index in [1.165, 1.54) is 12.8 Å². The summed E-state index contributed by atoms with van der Waals surface area (Å²) in [5, 5.41) is 14.9. The summed E-state index contributed by atoms with van der Waals surface area (Å²) in [6, 6.07) is 0.0335. The molecule has 6 heteroatoms. The van der Waals surface area contributed by atoms with E-state index in [0.717, 1.165) is 12.8 Å². The van der Waals surface area contributed by atoms with Gasteiger partial charge in [-0.15, -0.1) is 0 Å². The first-order valence-corrected chi connectivity index (χ1v) is 6.50. The van der Waals surface area contributed by atoms with Crippen LogP contribution in [0.15, 0.2) is 0 Å². The third kappa shape index (κ3) is 3.43. The molecule has 0 aromatic carbocycles. The molecule has 3 N–H and O–H groups in total. The minimum absolute atomic E-state index is 0.149. The number of carbonyl (C=O) groups is 2. The van der Waals surface area contributed by atoms with Crippen LogP contribution in [0, 0.1) is 5.92 Å². The Morgan fingerprint density at radius 3 is 2.61 bits per heavy atom. The average molecular weight is 256 g/mol. The lowest BCUT2D eigenvalue weighted by Gasteiger charge is -2.17. The van der Waals surface area contributed by atoms with Gasteiger partial charge in [-0.1, -0.05) is 12.8 Å². The molecule has 102 valence electrons. The van der Waals surface area contributed by atoms with E-state index in [4.69, 9.17) is 9.84 Å². The normalized spacial score (nSPS) is 28.4. The fraction of sp³-hybridized carbons (Fsp3) is 0.833. The van der Waals surface area contributed by atoms with E-state index in [9.17, 15) is 9.59 Å². The predicted molar refractivity (Wildman–Crippen MR) is 64.1 cm³/mol. The van der Waals surface area contributed by atoms with Crippen molar-refractivity contribution in [3.8, 4) is 0 Å². The number of nitrogens with one attached hydrogen (secondary N) is 2.